The lowest BCUT2D eigenvalue weighted by molar-refractivity contribution is -0.153. The van der Waals surface area contributed by atoms with Crippen molar-refractivity contribution in [2.75, 3.05) is 6.54 Å². The molecule has 4 nitrogen and oxygen atoms in total. The molecule has 1 unspecified atom stereocenters. The van der Waals surface area contributed by atoms with Crippen LogP contribution in [0.1, 0.15) is 23.6 Å². The number of hydrogen-bond acceptors (Lipinski definition) is 4. The molecule has 0 bridgehead atoms. The third-order valence-corrected chi connectivity index (χ3v) is 4.35. The molecule has 0 spiro atoms. The van der Waals surface area contributed by atoms with Crippen LogP contribution in [0.4, 0.5) is 0 Å². The number of ether oxygens (including phenoxy) is 1. The van der Waals surface area contributed by atoms with E-state index >= 15 is 0 Å². The second-order valence-corrected chi connectivity index (χ2v) is 6.31. The van der Waals surface area contributed by atoms with Crippen LogP contribution in [0.3, 0.4) is 0 Å². The summed E-state index contributed by atoms with van der Waals surface area (Å²) in [6.07, 6.45) is -0.794. The van der Waals surface area contributed by atoms with Gasteiger partial charge in [0.05, 0.1) is 6.54 Å². The highest BCUT2D eigenvalue weighted by Gasteiger charge is 2.40. The van der Waals surface area contributed by atoms with E-state index in [-0.39, 0.29) is 6.54 Å². The van der Waals surface area contributed by atoms with Crippen LogP contribution < -0.4 is 5.32 Å². The average molecular weight is 361 g/mol. The summed E-state index contributed by atoms with van der Waals surface area (Å²) in [6, 6.07) is 29.1. The van der Waals surface area contributed by atoms with E-state index < -0.39 is 17.8 Å². The van der Waals surface area contributed by atoms with Gasteiger partial charge in [-0.25, -0.2) is 0 Å². The molecule has 0 aliphatic rings. The van der Waals surface area contributed by atoms with Gasteiger partial charge in [-0.1, -0.05) is 91.0 Å². The number of carbonyl (C=O) groups excluding carboxylic acids is 1. The third-order valence-electron chi connectivity index (χ3n) is 4.35. The number of aliphatic hydroxyl groups excluding tert-OH is 1. The SMILES string of the molecule is CC(O)NCC(=O)OC(c1ccccc1)(c1ccccc1)c1ccccc1. The van der Waals surface area contributed by atoms with Gasteiger partial charge in [-0.2, -0.15) is 0 Å². The monoisotopic (exact) mass is 361 g/mol. The van der Waals surface area contributed by atoms with Crippen LogP contribution in [0.2, 0.25) is 0 Å². The van der Waals surface area contributed by atoms with Gasteiger partial charge in [0.25, 0.3) is 0 Å². The van der Waals surface area contributed by atoms with Gasteiger partial charge in [0.1, 0.15) is 6.23 Å². The Labute approximate surface area is 159 Å². The van der Waals surface area contributed by atoms with Crippen molar-refractivity contribution in [3.8, 4) is 0 Å². The first kappa shape index (κ1) is 18.8. The molecule has 0 fully saturated rings. The predicted octanol–water partition coefficient (Wildman–Crippen LogP) is 3.45. The molecule has 3 aromatic carbocycles. The number of rotatable bonds is 7. The zero-order valence-corrected chi connectivity index (χ0v) is 15.2. The topological polar surface area (TPSA) is 58.6 Å². The Kier molecular flexibility index (Phi) is 6.01. The molecule has 0 heterocycles. The van der Waals surface area contributed by atoms with Crippen LogP contribution in [0.15, 0.2) is 91.0 Å². The summed E-state index contributed by atoms with van der Waals surface area (Å²) < 4.78 is 6.13. The van der Waals surface area contributed by atoms with Gasteiger partial charge in [-0.05, 0) is 6.92 Å². The van der Waals surface area contributed by atoms with Crippen molar-refractivity contribution in [1.82, 2.24) is 5.32 Å². The number of esters is 1. The molecule has 0 aromatic heterocycles. The molecule has 1 atom stereocenters. The number of carbonyl (C=O) groups is 1. The molecular formula is C23H23NO3. The van der Waals surface area contributed by atoms with E-state index in [0.717, 1.165) is 16.7 Å². The van der Waals surface area contributed by atoms with E-state index in [1.807, 2.05) is 91.0 Å². The van der Waals surface area contributed by atoms with Gasteiger partial charge < -0.3 is 9.84 Å². The summed E-state index contributed by atoms with van der Waals surface area (Å²) in [4.78, 5) is 12.7. The van der Waals surface area contributed by atoms with Crippen molar-refractivity contribution >= 4 is 5.97 Å². The van der Waals surface area contributed by atoms with Crippen molar-refractivity contribution in [3.05, 3.63) is 108 Å². The number of aliphatic hydroxyl groups is 1. The second kappa shape index (κ2) is 8.62. The molecule has 3 aromatic rings. The highest BCUT2D eigenvalue weighted by molar-refractivity contribution is 5.74. The van der Waals surface area contributed by atoms with Crippen LogP contribution in [0.25, 0.3) is 0 Å². The number of nitrogens with one attached hydrogen (secondary N) is 1. The smallest absolute Gasteiger partial charge is 0.321 e. The first-order valence-electron chi connectivity index (χ1n) is 8.93. The maximum atomic E-state index is 12.7. The fourth-order valence-corrected chi connectivity index (χ4v) is 3.13. The molecule has 0 amide bonds. The van der Waals surface area contributed by atoms with Crippen LogP contribution >= 0.6 is 0 Å². The average Bonchev–Trinajstić information content (AvgIpc) is 2.72. The number of benzene rings is 3. The predicted molar refractivity (Wildman–Crippen MR) is 105 cm³/mol. The van der Waals surface area contributed by atoms with Crippen LogP contribution in [0.5, 0.6) is 0 Å². The minimum Gasteiger partial charge on any atom is -0.443 e. The van der Waals surface area contributed by atoms with Crippen molar-refractivity contribution in [2.45, 2.75) is 18.8 Å². The minimum atomic E-state index is -1.08. The first-order chi connectivity index (χ1) is 13.1. The van der Waals surface area contributed by atoms with E-state index in [9.17, 15) is 9.90 Å². The fourth-order valence-electron chi connectivity index (χ4n) is 3.13. The fraction of sp³-hybridized carbons (Fsp3) is 0.174. The van der Waals surface area contributed by atoms with E-state index in [1.165, 1.54) is 0 Å². The molecule has 0 saturated heterocycles. The summed E-state index contributed by atoms with van der Waals surface area (Å²) in [5, 5.41) is 12.1. The molecule has 0 aliphatic heterocycles. The maximum absolute atomic E-state index is 12.7. The minimum absolute atomic E-state index is 0.0914. The van der Waals surface area contributed by atoms with Gasteiger partial charge in [0.2, 0.25) is 0 Å². The summed E-state index contributed by atoms with van der Waals surface area (Å²) in [7, 11) is 0. The Hall–Kier alpha value is -2.95. The van der Waals surface area contributed by atoms with E-state index in [0.29, 0.717) is 0 Å². The largest absolute Gasteiger partial charge is 0.443 e. The van der Waals surface area contributed by atoms with Gasteiger partial charge >= 0.3 is 5.97 Å². The second-order valence-electron chi connectivity index (χ2n) is 6.31. The highest BCUT2D eigenvalue weighted by Crippen LogP contribution is 2.40. The number of hydrogen-bond donors (Lipinski definition) is 2. The molecule has 138 valence electrons. The third kappa shape index (κ3) is 4.25. The van der Waals surface area contributed by atoms with Crippen molar-refractivity contribution in [3.63, 3.8) is 0 Å². The molecule has 4 heteroatoms. The normalized spacial score (nSPS) is 12.4. The molecule has 0 aliphatic carbocycles. The van der Waals surface area contributed by atoms with Crippen molar-refractivity contribution in [2.24, 2.45) is 0 Å². The lowest BCUT2D eigenvalue weighted by atomic mass is 9.80. The summed E-state index contributed by atoms with van der Waals surface area (Å²) in [6.45, 7) is 1.47. The van der Waals surface area contributed by atoms with Crippen LogP contribution in [0, 0.1) is 0 Å². The Morgan fingerprint density at radius 2 is 1.22 bits per heavy atom. The Morgan fingerprint density at radius 3 is 1.56 bits per heavy atom. The standard InChI is InChI=1S/C23H23NO3/c1-18(25)24-17-22(26)27-23(19-11-5-2-6-12-19,20-13-7-3-8-14-20)21-15-9-4-10-16-21/h2-16,18,24-25H,17H2,1H3. The molecule has 2 N–H and O–H groups in total. The summed E-state index contributed by atoms with van der Waals surface area (Å²) in [5.41, 5.74) is 1.48. The Morgan fingerprint density at radius 1 is 0.852 bits per heavy atom. The van der Waals surface area contributed by atoms with Gasteiger partial charge in [-0.15, -0.1) is 0 Å². The lowest BCUT2D eigenvalue weighted by Gasteiger charge is -2.35. The zero-order chi connectivity index (χ0) is 19.1. The zero-order valence-electron chi connectivity index (χ0n) is 15.2. The van der Waals surface area contributed by atoms with Gasteiger partial charge in [0, 0.05) is 16.7 Å². The van der Waals surface area contributed by atoms with E-state index in [2.05, 4.69) is 5.32 Å². The van der Waals surface area contributed by atoms with Crippen molar-refractivity contribution < 1.29 is 14.6 Å². The molecule has 3 rings (SSSR count). The van der Waals surface area contributed by atoms with E-state index in [1.54, 1.807) is 6.92 Å². The van der Waals surface area contributed by atoms with Crippen molar-refractivity contribution in [1.29, 1.82) is 0 Å². The van der Waals surface area contributed by atoms with Crippen LogP contribution in [-0.4, -0.2) is 23.8 Å². The Bertz CT molecular complexity index is 752. The van der Waals surface area contributed by atoms with Gasteiger partial charge in [0.15, 0.2) is 5.60 Å². The first-order valence-corrected chi connectivity index (χ1v) is 8.93. The maximum Gasteiger partial charge on any atom is 0.321 e. The molecule has 0 radical (unpaired) electrons. The van der Waals surface area contributed by atoms with E-state index in [4.69, 9.17) is 4.74 Å². The molecule has 0 saturated carbocycles. The molecular weight excluding hydrogens is 338 g/mol. The van der Waals surface area contributed by atoms with Gasteiger partial charge in [-0.3, -0.25) is 10.1 Å². The van der Waals surface area contributed by atoms with Crippen LogP contribution in [-0.2, 0) is 15.1 Å². The summed E-state index contributed by atoms with van der Waals surface area (Å²) >= 11 is 0. The highest BCUT2D eigenvalue weighted by atomic mass is 16.6. The lowest BCUT2D eigenvalue weighted by Crippen LogP contribution is -2.40. The quantitative estimate of drug-likeness (QED) is 0.384. The molecule has 27 heavy (non-hydrogen) atoms. The summed E-state index contributed by atoms with van der Waals surface area (Å²) in [5.74, 6) is -0.451. The Balaban J connectivity index is 2.15.